The largest absolute Gasteiger partial charge is 0.495 e. The number of ether oxygens (including phenoxy) is 2. The molecule has 0 spiro atoms. The number of morpholine rings is 1. The lowest BCUT2D eigenvalue weighted by Crippen LogP contribution is -2.39. The van der Waals surface area contributed by atoms with Gasteiger partial charge >= 0.3 is 0 Å². The van der Waals surface area contributed by atoms with E-state index in [0.29, 0.717) is 17.9 Å². The van der Waals surface area contributed by atoms with Crippen LogP contribution < -0.4 is 4.74 Å². The Hall–Kier alpha value is -2.29. The molecule has 1 saturated heterocycles. The average molecular weight is 311 g/mol. The molecular formula is C18H21N3O2. The summed E-state index contributed by atoms with van der Waals surface area (Å²) in [5.41, 5.74) is 2.94. The second-order valence-corrected chi connectivity index (χ2v) is 5.75. The molecule has 1 aliphatic heterocycles. The summed E-state index contributed by atoms with van der Waals surface area (Å²) in [5, 5.41) is 9.25. The molecule has 1 aliphatic rings. The molecule has 2 heterocycles. The standard InChI is InChI=1S/C18H21N3O2/c1-20-7-3-4-16(20)17-13-23-9-8-21(17)12-14-5-6-18(22-2)15(10-14)11-19/h3-7,10,17H,8-9,12-13H2,1-2H3. The van der Waals surface area contributed by atoms with Crippen molar-refractivity contribution in [2.75, 3.05) is 26.9 Å². The molecule has 5 nitrogen and oxygen atoms in total. The van der Waals surface area contributed by atoms with Crippen LogP contribution >= 0.6 is 0 Å². The lowest BCUT2D eigenvalue weighted by Gasteiger charge is -2.36. The van der Waals surface area contributed by atoms with E-state index in [0.717, 1.165) is 25.3 Å². The predicted octanol–water partition coefficient (Wildman–Crippen LogP) is 2.48. The van der Waals surface area contributed by atoms with Crippen LogP contribution in [-0.2, 0) is 18.3 Å². The van der Waals surface area contributed by atoms with Gasteiger partial charge in [-0.1, -0.05) is 6.07 Å². The van der Waals surface area contributed by atoms with Crippen LogP contribution in [0.25, 0.3) is 0 Å². The fourth-order valence-corrected chi connectivity index (χ4v) is 3.10. The molecule has 0 saturated carbocycles. The Kier molecular flexibility index (Phi) is 4.65. The van der Waals surface area contributed by atoms with Gasteiger partial charge in [-0.05, 0) is 29.8 Å². The van der Waals surface area contributed by atoms with Crippen molar-refractivity contribution in [2.45, 2.75) is 12.6 Å². The number of nitriles is 1. The highest BCUT2D eigenvalue weighted by Gasteiger charge is 2.26. The monoisotopic (exact) mass is 311 g/mol. The van der Waals surface area contributed by atoms with Gasteiger partial charge in [0.2, 0.25) is 0 Å². The van der Waals surface area contributed by atoms with Crippen molar-refractivity contribution in [1.82, 2.24) is 9.47 Å². The Labute approximate surface area is 136 Å². The van der Waals surface area contributed by atoms with Crippen molar-refractivity contribution in [1.29, 1.82) is 5.26 Å². The van der Waals surface area contributed by atoms with E-state index in [1.165, 1.54) is 5.69 Å². The zero-order valence-corrected chi connectivity index (χ0v) is 13.5. The number of hydrogen-bond acceptors (Lipinski definition) is 4. The predicted molar refractivity (Wildman–Crippen MR) is 87.1 cm³/mol. The molecule has 1 aromatic heterocycles. The summed E-state index contributed by atoms with van der Waals surface area (Å²) >= 11 is 0. The lowest BCUT2D eigenvalue weighted by molar-refractivity contribution is -0.0152. The minimum absolute atomic E-state index is 0.233. The summed E-state index contributed by atoms with van der Waals surface area (Å²) in [7, 11) is 3.65. The van der Waals surface area contributed by atoms with Crippen LogP contribution in [0.1, 0.15) is 22.9 Å². The maximum Gasteiger partial charge on any atom is 0.136 e. The molecule has 0 amide bonds. The molecular weight excluding hydrogens is 290 g/mol. The van der Waals surface area contributed by atoms with E-state index >= 15 is 0 Å². The van der Waals surface area contributed by atoms with Gasteiger partial charge in [0.1, 0.15) is 11.8 Å². The van der Waals surface area contributed by atoms with Crippen molar-refractivity contribution in [3.05, 3.63) is 53.3 Å². The van der Waals surface area contributed by atoms with Crippen molar-refractivity contribution in [2.24, 2.45) is 7.05 Å². The van der Waals surface area contributed by atoms with Crippen LogP contribution in [0.15, 0.2) is 36.5 Å². The summed E-state index contributed by atoms with van der Waals surface area (Å²) in [4.78, 5) is 2.40. The van der Waals surface area contributed by atoms with Gasteiger partial charge in [-0.15, -0.1) is 0 Å². The molecule has 120 valence electrons. The number of hydrogen-bond donors (Lipinski definition) is 0. The Balaban J connectivity index is 1.83. The zero-order chi connectivity index (χ0) is 16.2. The summed E-state index contributed by atoms with van der Waals surface area (Å²) < 4.78 is 13.0. The molecule has 5 heteroatoms. The van der Waals surface area contributed by atoms with Gasteiger partial charge in [-0.3, -0.25) is 4.90 Å². The molecule has 1 atom stereocenters. The van der Waals surface area contributed by atoms with Gasteiger partial charge in [-0.2, -0.15) is 5.26 Å². The third-order valence-corrected chi connectivity index (χ3v) is 4.33. The molecule has 0 N–H and O–H groups in total. The third kappa shape index (κ3) is 3.24. The normalized spacial score (nSPS) is 18.6. The van der Waals surface area contributed by atoms with Crippen LogP contribution in [0.2, 0.25) is 0 Å². The maximum absolute atomic E-state index is 9.25. The van der Waals surface area contributed by atoms with Crippen LogP contribution in [0.3, 0.4) is 0 Å². The Bertz CT molecular complexity index is 717. The highest BCUT2D eigenvalue weighted by molar-refractivity contribution is 5.45. The Morgan fingerprint density at radius 3 is 2.96 bits per heavy atom. The van der Waals surface area contributed by atoms with Gasteiger partial charge in [0.25, 0.3) is 0 Å². The van der Waals surface area contributed by atoms with E-state index in [2.05, 4.69) is 40.9 Å². The van der Waals surface area contributed by atoms with Crippen LogP contribution in [-0.4, -0.2) is 36.3 Å². The topological polar surface area (TPSA) is 50.4 Å². The second kappa shape index (κ2) is 6.86. The molecule has 1 aromatic carbocycles. The molecule has 23 heavy (non-hydrogen) atoms. The number of nitrogens with zero attached hydrogens (tertiary/aromatic N) is 3. The van der Waals surface area contributed by atoms with Gasteiger partial charge < -0.3 is 14.0 Å². The first-order valence-corrected chi connectivity index (χ1v) is 7.73. The fourth-order valence-electron chi connectivity index (χ4n) is 3.10. The second-order valence-electron chi connectivity index (χ2n) is 5.75. The first-order valence-electron chi connectivity index (χ1n) is 7.73. The molecule has 3 rings (SSSR count). The van der Waals surface area contributed by atoms with Crippen molar-refractivity contribution in [3.8, 4) is 11.8 Å². The molecule has 1 fully saturated rings. The van der Waals surface area contributed by atoms with E-state index in [-0.39, 0.29) is 6.04 Å². The first kappa shape index (κ1) is 15.6. The zero-order valence-electron chi connectivity index (χ0n) is 13.5. The van der Waals surface area contributed by atoms with E-state index in [4.69, 9.17) is 9.47 Å². The van der Waals surface area contributed by atoms with Gasteiger partial charge in [-0.25, -0.2) is 0 Å². The van der Waals surface area contributed by atoms with E-state index in [1.54, 1.807) is 7.11 Å². The van der Waals surface area contributed by atoms with E-state index < -0.39 is 0 Å². The number of benzene rings is 1. The molecule has 2 aromatic rings. The lowest BCUT2D eigenvalue weighted by atomic mass is 10.1. The fraction of sp³-hybridized carbons (Fsp3) is 0.389. The molecule has 1 unspecified atom stereocenters. The van der Waals surface area contributed by atoms with Crippen molar-refractivity contribution >= 4 is 0 Å². The maximum atomic E-state index is 9.25. The Morgan fingerprint density at radius 1 is 1.39 bits per heavy atom. The number of aryl methyl sites for hydroxylation is 1. The molecule has 0 aliphatic carbocycles. The molecule has 0 radical (unpaired) electrons. The summed E-state index contributed by atoms with van der Waals surface area (Å²) in [6.45, 7) is 3.10. The third-order valence-electron chi connectivity index (χ3n) is 4.33. The van der Waals surface area contributed by atoms with Crippen LogP contribution in [0, 0.1) is 11.3 Å². The Morgan fingerprint density at radius 2 is 2.26 bits per heavy atom. The summed E-state index contributed by atoms with van der Waals surface area (Å²) in [6, 6.07) is 12.4. The van der Waals surface area contributed by atoms with E-state index in [1.807, 2.05) is 18.2 Å². The first-order chi connectivity index (χ1) is 11.2. The van der Waals surface area contributed by atoms with Gasteiger partial charge in [0.15, 0.2) is 0 Å². The number of aromatic nitrogens is 1. The average Bonchev–Trinajstić information content (AvgIpc) is 3.01. The quantitative estimate of drug-likeness (QED) is 0.870. The van der Waals surface area contributed by atoms with Gasteiger partial charge in [0, 0.05) is 32.0 Å². The van der Waals surface area contributed by atoms with Crippen molar-refractivity contribution in [3.63, 3.8) is 0 Å². The summed E-state index contributed by atoms with van der Waals surface area (Å²) in [5.74, 6) is 0.622. The minimum atomic E-state index is 0.233. The van der Waals surface area contributed by atoms with E-state index in [9.17, 15) is 5.26 Å². The minimum Gasteiger partial charge on any atom is -0.495 e. The summed E-state index contributed by atoms with van der Waals surface area (Å²) in [6.07, 6.45) is 2.06. The van der Waals surface area contributed by atoms with Crippen molar-refractivity contribution < 1.29 is 9.47 Å². The number of methoxy groups -OCH3 is 1. The molecule has 0 bridgehead atoms. The number of rotatable bonds is 4. The van der Waals surface area contributed by atoms with Crippen LogP contribution in [0.4, 0.5) is 0 Å². The highest BCUT2D eigenvalue weighted by atomic mass is 16.5. The van der Waals surface area contributed by atoms with Gasteiger partial charge in [0.05, 0.1) is 31.9 Å². The van der Waals surface area contributed by atoms with Crippen LogP contribution in [0.5, 0.6) is 5.75 Å². The smallest absolute Gasteiger partial charge is 0.136 e. The highest BCUT2D eigenvalue weighted by Crippen LogP contribution is 2.27. The SMILES string of the molecule is COc1ccc(CN2CCOCC2c2cccn2C)cc1C#N.